The van der Waals surface area contributed by atoms with Gasteiger partial charge >= 0.3 is 0 Å². The summed E-state index contributed by atoms with van der Waals surface area (Å²) in [5.41, 5.74) is 1.45. The van der Waals surface area contributed by atoms with E-state index in [9.17, 15) is 24.3 Å². The van der Waals surface area contributed by atoms with E-state index < -0.39 is 17.1 Å². The van der Waals surface area contributed by atoms with E-state index in [2.05, 4.69) is 0 Å². The van der Waals surface area contributed by atoms with Crippen molar-refractivity contribution in [3.8, 4) is 11.3 Å². The van der Waals surface area contributed by atoms with Crippen molar-refractivity contribution in [1.29, 1.82) is 0 Å². The quantitative estimate of drug-likeness (QED) is 0.623. The molecule has 0 aliphatic carbocycles. The summed E-state index contributed by atoms with van der Waals surface area (Å²) < 4.78 is 11.0. The molecular weight excluding hydrogens is 436 g/mol. The van der Waals surface area contributed by atoms with Gasteiger partial charge in [0.05, 0.1) is 24.1 Å². The van der Waals surface area contributed by atoms with Gasteiger partial charge in [0.15, 0.2) is 0 Å². The van der Waals surface area contributed by atoms with Crippen LogP contribution < -0.4 is 5.11 Å². The van der Waals surface area contributed by atoms with Crippen LogP contribution in [0.1, 0.15) is 21.7 Å². The summed E-state index contributed by atoms with van der Waals surface area (Å²) in [6.07, 6.45) is 1.46. The number of morpholine rings is 1. The van der Waals surface area contributed by atoms with E-state index in [4.69, 9.17) is 9.15 Å². The highest BCUT2D eigenvalue weighted by atomic mass is 32.2. The van der Waals surface area contributed by atoms with Crippen LogP contribution in [-0.4, -0.2) is 65.7 Å². The minimum absolute atomic E-state index is 0.0679. The van der Waals surface area contributed by atoms with Crippen molar-refractivity contribution in [2.24, 2.45) is 0 Å². The zero-order chi connectivity index (χ0) is 22.8. The first-order chi connectivity index (χ1) is 15.3. The van der Waals surface area contributed by atoms with Crippen molar-refractivity contribution in [3.63, 3.8) is 0 Å². The summed E-state index contributed by atoms with van der Waals surface area (Å²) >= 11 is 0.750. The number of carboxylic acids is 1. The summed E-state index contributed by atoms with van der Waals surface area (Å²) in [4.78, 5) is 51.1. The lowest BCUT2D eigenvalue weighted by Crippen LogP contribution is -2.46. The van der Waals surface area contributed by atoms with Gasteiger partial charge in [0.1, 0.15) is 18.1 Å². The van der Waals surface area contributed by atoms with Crippen molar-refractivity contribution < 1.29 is 33.4 Å². The number of hydrogen-bond donors (Lipinski definition) is 0. The molecule has 2 aromatic rings. The molecule has 0 unspecified atom stereocenters. The zero-order valence-electron chi connectivity index (χ0n) is 17.2. The molecule has 9 nitrogen and oxygen atoms in total. The molecule has 0 spiro atoms. The fraction of sp³-hybridized carbons (Fsp3) is 0.273. The summed E-state index contributed by atoms with van der Waals surface area (Å²) in [6, 6.07) is 7.88. The second-order valence-electron chi connectivity index (χ2n) is 7.28. The number of ether oxygens (including phenoxy) is 1. The zero-order valence-corrected chi connectivity index (χ0v) is 18.0. The molecule has 2 saturated heterocycles. The highest BCUT2D eigenvalue weighted by molar-refractivity contribution is 8.18. The summed E-state index contributed by atoms with van der Waals surface area (Å²) in [6.45, 7) is 3.18. The van der Waals surface area contributed by atoms with Gasteiger partial charge in [0.2, 0.25) is 5.91 Å². The second kappa shape index (κ2) is 9.01. The standard InChI is InChI=1S/C22H20N2O7S/c1-13-10-14(21(27)28)2-4-16(13)17-5-3-15(31-17)11-18-20(26)24(22(29)32-18)12-19(25)23-6-8-30-9-7-23/h2-5,10-11H,6-9,12H2,1H3,(H,27,28)/p-1/b18-11+. The van der Waals surface area contributed by atoms with Crippen molar-refractivity contribution in [1.82, 2.24) is 9.80 Å². The number of aryl methyl sites for hydroxylation is 1. The van der Waals surface area contributed by atoms with Gasteiger partial charge in [-0.15, -0.1) is 0 Å². The summed E-state index contributed by atoms with van der Waals surface area (Å²) in [5, 5.41) is 10.5. The number of aromatic carboxylic acids is 1. The Labute approximate surface area is 187 Å². The number of benzene rings is 1. The molecule has 1 aromatic heterocycles. The van der Waals surface area contributed by atoms with Crippen molar-refractivity contribution >= 4 is 40.9 Å². The monoisotopic (exact) mass is 455 g/mol. The molecule has 4 rings (SSSR count). The molecule has 32 heavy (non-hydrogen) atoms. The van der Waals surface area contributed by atoms with Gasteiger partial charge in [0.25, 0.3) is 11.1 Å². The third-order valence-electron chi connectivity index (χ3n) is 5.16. The Morgan fingerprint density at radius 1 is 1.16 bits per heavy atom. The third-order valence-corrected chi connectivity index (χ3v) is 6.07. The minimum atomic E-state index is -1.26. The van der Waals surface area contributed by atoms with E-state index in [1.807, 2.05) is 0 Å². The van der Waals surface area contributed by atoms with E-state index in [1.54, 1.807) is 30.0 Å². The van der Waals surface area contributed by atoms with E-state index in [0.29, 0.717) is 49.0 Å². The molecule has 0 radical (unpaired) electrons. The Kier molecular flexibility index (Phi) is 6.15. The van der Waals surface area contributed by atoms with Crippen LogP contribution in [0.5, 0.6) is 0 Å². The molecule has 10 heteroatoms. The average Bonchev–Trinajstić information content (AvgIpc) is 3.34. The highest BCUT2D eigenvalue weighted by Gasteiger charge is 2.37. The number of nitrogens with zero attached hydrogens (tertiary/aromatic N) is 2. The maximum atomic E-state index is 12.7. The molecule has 0 bridgehead atoms. The van der Waals surface area contributed by atoms with Gasteiger partial charge in [-0.25, -0.2) is 0 Å². The molecular formula is C22H19N2O7S-. The molecule has 3 heterocycles. The van der Waals surface area contributed by atoms with E-state index in [1.165, 1.54) is 18.2 Å². The molecule has 3 amide bonds. The number of carbonyl (C=O) groups is 4. The smallest absolute Gasteiger partial charge is 0.294 e. The second-order valence-corrected chi connectivity index (χ2v) is 8.27. The number of rotatable bonds is 5. The fourth-order valence-corrected chi connectivity index (χ4v) is 4.27. The maximum Gasteiger partial charge on any atom is 0.294 e. The Hall–Kier alpha value is -3.37. The Morgan fingerprint density at radius 3 is 2.59 bits per heavy atom. The highest BCUT2D eigenvalue weighted by Crippen LogP contribution is 2.34. The molecule has 0 saturated carbocycles. The molecule has 0 atom stereocenters. The van der Waals surface area contributed by atoms with Crippen molar-refractivity contribution in [2.45, 2.75) is 6.92 Å². The number of thioether (sulfide) groups is 1. The lowest BCUT2D eigenvalue weighted by molar-refractivity contribution is -0.255. The molecule has 0 N–H and O–H groups in total. The predicted octanol–water partition coefficient (Wildman–Crippen LogP) is 1.51. The largest absolute Gasteiger partial charge is 0.545 e. The first-order valence-corrected chi connectivity index (χ1v) is 10.7. The topological polar surface area (TPSA) is 120 Å². The van der Waals surface area contributed by atoms with Crippen LogP contribution in [0.15, 0.2) is 39.7 Å². The minimum Gasteiger partial charge on any atom is -0.545 e. The van der Waals surface area contributed by atoms with Crippen LogP contribution in [0.2, 0.25) is 0 Å². The first-order valence-electron chi connectivity index (χ1n) is 9.86. The van der Waals surface area contributed by atoms with Crippen LogP contribution in [0.25, 0.3) is 17.4 Å². The lowest BCUT2D eigenvalue weighted by Gasteiger charge is -2.27. The first kappa shape index (κ1) is 21.8. The van der Waals surface area contributed by atoms with E-state index in [0.717, 1.165) is 16.7 Å². The third kappa shape index (κ3) is 4.46. The number of imide groups is 1. The van der Waals surface area contributed by atoms with E-state index in [-0.39, 0.29) is 22.9 Å². The SMILES string of the molecule is Cc1cc(C(=O)[O-])ccc1-c1ccc(/C=C2/SC(=O)N(CC(=O)N3CCOCC3)C2=O)o1. The number of carbonyl (C=O) groups excluding carboxylic acids is 4. The van der Waals surface area contributed by atoms with E-state index >= 15 is 0 Å². The van der Waals surface area contributed by atoms with Gasteiger partial charge in [0, 0.05) is 24.7 Å². The van der Waals surface area contributed by atoms with Gasteiger partial charge < -0.3 is 24.0 Å². The van der Waals surface area contributed by atoms with Crippen molar-refractivity contribution in [3.05, 3.63) is 52.1 Å². The summed E-state index contributed by atoms with van der Waals surface area (Å²) in [7, 11) is 0. The van der Waals surface area contributed by atoms with Gasteiger partial charge in [-0.2, -0.15) is 0 Å². The van der Waals surface area contributed by atoms with Gasteiger partial charge in [-0.3, -0.25) is 19.3 Å². The summed E-state index contributed by atoms with van der Waals surface area (Å²) in [5.74, 6) is -1.27. The lowest BCUT2D eigenvalue weighted by atomic mass is 10.0. The Bertz CT molecular complexity index is 1130. The number of hydrogen-bond acceptors (Lipinski definition) is 8. The average molecular weight is 455 g/mol. The molecule has 1 aromatic carbocycles. The molecule has 2 aliphatic heterocycles. The predicted molar refractivity (Wildman–Crippen MR) is 113 cm³/mol. The normalized spacial score (nSPS) is 18.0. The fourth-order valence-electron chi connectivity index (χ4n) is 3.46. The van der Waals surface area contributed by atoms with Crippen molar-refractivity contribution in [2.75, 3.05) is 32.8 Å². The number of furan rings is 1. The number of carboxylic acid groups (broad SMARTS) is 1. The van der Waals surface area contributed by atoms with Crippen LogP contribution in [-0.2, 0) is 14.3 Å². The van der Waals surface area contributed by atoms with Crippen LogP contribution in [0.3, 0.4) is 0 Å². The van der Waals surface area contributed by atoms with Gasteiger partial charge in [-0.05, 0) is 48.0 Å². The van der Waals surface area contributed by atoms with Crippen LogP contribution in [0, 0.1) is 6.92 Å². The maximum absolute atomic E-state index is 12.7. The van der Waals surface area contributed by atoms with Crippen LogP contribution >= 0.6 is 11.8 Å². The Balaban J connectivity index is 1.48. The molecule has 2 fully saturated rings. The van der Waals surface area contributed by atoms with Crippen LogP contribution in [0.4, 0.5) is 4.79 Å². The number of amides is 3. The molecule has 166 valence electrons. The Morgan fingerprint density at radius 2 is 1.91 bits per heavy atom. The molecule has 2 aliphatic rings. The van der Waals surface area contributed by atoms with Gasteiger partial charge in [-0.1, -0.05) is 12.1 Å².